The van der Waals surface area contributed by atoms with E-state index in [2.05, 4.69) is 13.8 Å². The first-order chi connectivity index (χ1) is 17.0. The number of amides is 1. The smallest absolute Gasteiger partial charge is 0.295 e. The Kier molecular flexibility index (Phi) is 9.03. The van der Waals surface area contributed by atoms with E-state index in [1.807, 2.05) is 50.2 Å². The van der Waals surface area contributed by atoms with Gasteiger partial charge in [0.1, 0.15) is 17.3 Å². The summed E-state index contributed by atoms with van der Waals surface area (Å²) in [6, 6.07) is 9.96. The summed E-state index contributed by atoms with van der Waals surface area (Å²) < 4.78 is 11.4. The van der Waals surface area contributed by atoms with E-state index < -0.39 is 17.7 Å². The highest BCUT2D eigenvalue weighted by Gasteiger charge is 2.46. The van der Waals surface area contributed by atoms with Gasteiger partial charge < -0.3 is 24.4 Å². The second-order valence-electron chi connectivity index (χ2n) is 9.75. The van der Waals surface area contributed by atoms with Crippen LogP contribution in [0.5, 0.6) is 11.5 Å². The molecule has 2 aromatic carbocycles. The third kappa shape index (κ3) is 6.02. The summed E-state index contributed by atoms with van der Waals surface area (Å²) in [5, 5.41) is 11.8. The molecule has 1 saturated heterocycles. The fourth-order valence-corrected chi connectivity index (χ4v) is 4.66. The normalized spacial score (nSPS) is 17.4. The molecule has 0 saturated carbocycles. The largest absolute Gasteiger partial charge is 0.507 e. The molecule has 1 unspecified atom stereocenters. The lowest BCUT2D eigenvalue weighted by Gasteiger charge is -2.26. The molecule has 8 heteroatoms. The number of nitrogens with zero attached hydrogens (tertiary/aromatic N) is 2. The monoisotopic (exact) mass is 514 g/mol. The molecule has 0 aliphatic carbocycles. The molecule has 1 atom stereocenters. The molecule has 1 heterocycles. The van der Waals surface area contributed by atoms with E-state index in [1.54, 1.807) is 12.1 Å². The molecule has 1 fully saturated rings. The van der Waals surface area contributed by atoms with Gasteiger partial charge in [0, 0.05) is 6.54 Å². The number of rotatable bonds is 10. The van der Waals surface area contributed by atoms with Gasteiger partial charge in [-0.1, -0.05) is 37.6 Å². The highest BCUT2D eigenvalue weighted by molar-refractivity contribution is 6.46. The summed E-state index contributed by atoms with van der Waals surface area (Å²) >= 11 is 6.37. The SMILES string of the molecule is COc1c(Cl)cc(C)cc1/C(O)=C1\C(=O)C(=O)N(CCCN(C)C)C1c1cccc(OCC(C)C)c1. The molecular formula is C28H35ClN2O5. The third-order valence-corrected chi connectivity index (χ3v) is 6.23. The summed E-state index contributed by atoms with van der Waals surface area (Å²) in [4.78, 5) is 30.1. The van der Waals surface area contributed by atoms with Crippen molar-refractivity contribution in [2.45, 2.75) is 33.2 Å². The van der Waals surface area contributed by atoms with Crippen LogP contribution in [-0.4, -0.2) is 67.5 Å². The summed E-state index contributed by atoms with van der Waals surface area (Å²) in [6.07, 6.45) is 0.666. The number of Topliss-reactive ketones (excluding diaryl/α,β-unsaturated/α-hetero) is 1. The van der Waals surface area contributed by atoms with Gasteiger partial charge in [0.25, 0.3) is 11.7 Å². The van der Waals surface area contributed by atoms with Crippen molar-refractivity contribution in [2.24, 2.45) is 5.92 Å². The van der Waals surface area contributed by atoms with E-state index in [1.165, 1.54) is 12.0 Å². The number of hydrogen-bond acceptors (Lipinski definition) is 6. The van der Waals surface area contributed by atoms with Crippen LogP contribution in [0.15, 0.2) is 42.0 Å². The number of carbonyl (C=O) groups is 2. The van der Waals surface area contributed by atoms with Crippen LogP contribution in [0.2, 0.25) is 5.02 Å². The second kappa shape index (κ2) is 11.8. The molecule has 3 rings (SSSR count). The Balaban J connectivity index is 2.17. The van der Waals surface area contributed by atoms with Crippen molar-refractivity contribution in [1.29, 1.82) is 0 Å². The van der Waals surface area contributed by atoms with Crippen molar-refractivity contribution < 1.29 is 24.2 Å². The second-order valence-corrected chi connectivity index (χ2v) is 10.2. The Labute approximate surface area is 218 Å². The van der Waals surface area contributed by atoms with Crippen LogP contribution in [0.3, 0.4) is 0 Å². The van der Waals surface area contributed by atoms with Crippen molar-refractivity contribution in [3.63, 3.8) is 0 Å². The molecule has 36 heavy (non-hydrogen) atoms. The van der Waals surface area contributed by atoms with Gasteiger partial charge in [-0.05, 0) is 75.3 Å². The number of carbonyl (C=O) groups excluding carboxylic acids is 2. The van der Waals surface area contributed by atoms with Crippen molar-refractivity contribution in [3.8, 4) is 11.5 Å². The van der Waals surface area contributed by atoms with Crippen LogP contribution in [-0.2, 0) is 9.59 Å². The van der Waals surface area contributed by atoms with Crippen molar-refractivity contribution in [3.05, 3.63) is 63.7 Å². The Morgan fingerprint density at radius 3 is 2.56 bits per heavy atom. The Bertz CT molecular complexity index is 1160. The lowest BCUT2D eigenvalue weighted by Crippen LogP contribution is -2.32. The van der Waals surface area contributed by atoms with Gasteiger partial charge >= 0.3 is 0 Å². The van der Waals surface area contributed by atoms with Crippen molar-refractivity contribution in [2.75, 3.05) is 40.9 Å². The molecular weight excluding hydrogens is 480 g/mol. The molecule has 2 aromatic rings. The lowest BCUT2D eigenvalue weighted by molar-refractivity contribution is -0.139. The molecule has 0 aromatic heterocycles. The van der Waals surface area contributed by atoms with Crippen LogP contribution in [0, 0.1) is 12.8 Å². The van der Waals surface area contributed by atoms with E-state index in [-0.39, 0.29) is 22.6 Å². The zero-order valence-electron chi connectivity index (χ0n) is 21.8. The maximum Gasteiger partial charge on any atom is 0.295 e. The summed E-state index contributed by atoms with van der Waals surface area (Å²) in [5.41, 5.74) is 1.74. The highest BCUT2D eigenvalue weighted by Crippen LogP contribution is 2.43. The summed E-state index contributed by atoms with van der Waals surface area (Å²) in [7, 11) is 5.35. The van der Waals surface area contributed by atoms with Gasteiger partial charge in [-0.2, -0.15) is 0 Å². The molecule has 1 aliphatic heterocycles. The van der Waals surface area contributed by atoms with Gasteiger partial charge in [-0.15, -0.1) is 0 Å². The molecule has 1 amide bonds. The zero-order valence-corrected chi connectivity index (χ0v) is 22.6. The molecule has 194 valence electrons. The fraction of sp³-hybridized carbons (Fsp3) is 0.429. The number of halogens is 1. The average molecular weight is 515 g/mol. The minimum Gasteiger partial charge on any atom is -0.507 e. The minimum atomic E-state index is -0.779. The fourth-order valence-electron chi connectivity index (χ4n) is 4.31. The van der Waals surface area contributed by atoms with E-state index in [9.17, 15) is 14.7 Å². The first-order valence-corrected chi connectivity index (χ1v) is 12.4. The minimum absolute atomic E-state index is 0.00540. The maximum absolute atomic E-state index is 13.4. The molecule has 7 nitrogen and oxygen atoms in total. The van der Waals surface area contributed by atoms with E-state index in [0.717, 1.165) is 12.1 Å². The van der Waals surface area contributed by atoms with E-state index in [0.29, 0.717) is 41.8 Å². The number of ketones is 1. The molecule has 0 radical (unpaired) electrons. The molecule has 0 bridgehead atoms. The van der Waals surface area contributed by atoms with E-state index >= 15 is 0 Å². The van der Waals surface area contributed by atoms with Gasteiger partial charge in [0.2, 0.25) is 0 Å². The number of benzene rings is 2. The maximum atomic E-state index is 13.4. The highest BCUT2D eigenvalue weighted by atomic mass is 35.5. The molecule has 1 aliphatic rings. The topological polar surface area (TPSA) is 79.3 Å². The first-order valence-electron chi connectivity index (χ1n) is 12.1. The number of ether oxygens (including phenoxy) is 2. The Morgan fingerprint density at radius 2 is 1.92 bits per heavy atom. The Morgan fingerprint density at radius 1 is 1.19 bits per heavy atom. The number of aliphatic hydroxyl groups is 1. The van der Waals surface area contributed by atoms with Crippen LogP contribution in [0.4, 0.5) is 0 Å². The van der Waals surface area contributed by atoms with Crippen LogP contribution >= 0.6 is 11.6 Å². The zero-order chi connectivity index (χ0) is 26.6. The van der Waals surface area contributed by atoms with E-state index in [4.69, 9.17) is 21.1 Å². The summed E-state index contributed by atoms with van der Waals surface area (Å²) in [6.45, 7) is 7.58. The number of aryl methyl sites for hydroxylation is 1. The van der Waals surface area contributed by atoms with Gasteiger partial charge in [0.05, 0.1) is 35.9 Å². The number of methoxy groups -OCH3 is 1. The van der Waals surface area contributed by atoms with Crippen molar-refractivity contribution >= 4 is 29.1 Å². The molecule has 1 N–H and O–H groups in total. The van der Waals surface area contributed by atoms with Crippen molar-refractivity contribution in [1.82, 2.24) is 9.80 Å². The predicted molar refractivity (Wildman–Crippen MR) is 142 cm³/mol. The van der Waals surface area contributed by atoms with Gasteiger partial charge in [-0.25, -0.2) is 0 Å². The number of hydrogen-bond donors (Lipinski definition) is 1. The lowest BCUT2D eigenvalue weighted by atomic mass is 9.94. The average Bonchev–Trinajstić information content (AvgIpc) is 3.07. The van der Waals surface area contributed by atoms with Crippen LogP contribution < -0.4 is 9.47 Å². The first kappa shape index (κ1) is 27.6. The quantitative estimate of drug-likeness (QED) is 0.271. The third-order valence-electron chi connectivity index (χ3n) is 5.95. The summed E-state index contributed by atoms with van der Waals surface area (Å²) in [5.74, 6) is -0.488. The van der Waals surface area contributed by atoms with Gasteiger partial charge in [0.15, 0.2) is 0 Å². The number of aliphatic hydroxyl groups excluding tert-OH is 1. The predicted octanol–water partition coefficient (Wildman–Crippen LogP) is 5.07. The van der Waals surface area contributed by atoms with Crippen LogP contribution in [0.25, 0.3) is 5.76 Å². The Hall–Kier alpha value is -3.03. The standard InChI is InChI=1S/C28H35ClN2O5/c1-17(2)16-36-20-10-7-9-19(15-20)24-23(26(33)28(34)31(24)12-8-11-30(4)5)25(32)21-13-18(3)14-22(29)27(21)35-6/h7,9-10,13-15,17,24,32H,8,11-12,16H2,1-6H3/b25-23+. The van der Waals surface area contributed by atoms with Crippen LogP contribution in [0.1, 0.15) is 43.0 Å². The molecule has 0 spiro atoms. The number of likely N-dealkylation sites (tertiary alicyclic amines) is 1. The van der Waals surface area contributed by atoms with Gasteiger partial charge in [-0.3, -0.25) is 9.59 Å².